The summed E-state index contributed by atoms with van der Waals surface area (Å²) in [6, 6.07) is 8.50. The third-order valence-electron chi connectivity index (χ3n) is 2.79. The highest BCUT2D eigenvalue weighted by Crippen LogP contribution is 2.24. The molecular formula is C15H17N3O3S. The van der Waals surface area contributed by atoms with Gasteiger partial charge in [-0.15, -0.1) is 11.3 Å². The Kier molecular flexibility index (Phi) is 5.13. The van der Waals surface area contributed by atoms with Gasteiger partial charge in [0, 0.05) is 19.7 Å². The lowest BCUT2D eigenvalue weighted by molar-refractivity contribution is 0.0858. The van der Waals surface area contributed by atoms with Gasteiger partial charge in [-0.1, -0.05) is 6.07 Å². The number of hydrazine groups is 1. The average molecular weight is 319 g/mol. The van der Waals surface area contributed by atoms with Crippen LogP contribution in [0, 0.1) is 0 Å². The molecule has 1 heterocycles. The fourth-order valence-corrected chi connectivity index (χ4v) is 2.57. The van der Waals surface area contributed by atoms with Crippen molar-refractivity contribution in [1.82, 2.24) is 10.4 Å². The van der Waals surface area contributed by atoms with Crippen molar-refractivity contribution in [1.29, 1.82) is 0 Å². The number of amides is 2. The highest BCUT2D eigenvalue weighted by atomic mass is 32.1. The normalized spacial score (nSPS) is 10.4. The number of ether oxygens (including phenoxy) is 1. The van der Waals surface area contributed by atoms with Crippen molar-refractivity contribution in [3.63, 3.8) is 0 Å². The van der Waals surface area contributed by atoms with Crippen LogP contribution in [0.25, 0.3) is 0 Å². The van der Waals surface area contributed by atoms with E-state index < -0.39 is 0 Å². The lowest BCUT2D eigenvalue weighted by atomic mass is 10.2. The van der Waals surface area contributed by atoms with E-state index in [1.54, 1.807) is 61.9 Å². The lowest BCUT2D eigenvalue weighted by Gasteiger charge is -2.12. The maximum atomic E-state index is 12.3. The van der Waals surface area contributed by atoms with Crippen molar-refractivity contribution >= 4 is 28.2 Å². The van der Waals surface area contributed by atoms with Crippen molar-refractivity contribution in [2.75, 3.05) is 26.5 Å². The Hall–Kier alpha value is -2.38. The molecule has 2 N–H and O–H groups in total. The predicted molar refractivity (Wildman–Crippen MR) is 86.4 cm³/mol. The largest absolute Gasteiger partial charge is 0.497 e. The van der Waals surface area contributed by atoms with E-state index in [0.29, 0.717) is 21.9 Å². The second kappa shape index (κ2) is 7.06. The van der Waals surface area contributed by atoms with Crippen LogP contribution in [-0.2, 0) is 0 Å². The van der Waals surface area contributed by atoms with Crippen LogP contribution in [0.15, 0.2) is 35.7 Å². The summed E-state index contributed by atoms with van der Waals surface area (Å²) in [5.41, 5.74) is 3.54. The Morgan fingerprint density at radius 1 is 1.18 bits per heavy atom. The number of carbonyl (C=O) groups excluding carboxylic acids is 2. The van der Waals surface area contributed by atoms with Gasteiger partial charge in [-0.2, -0.15) is 0 Å². The van der Waals surface area contributed by atoms with E-state index >= 15 is 0 Å². The van der Waals surface area contributed by atoms with Crippen LogP contribution in [0.4, 0.5) is 5.00 Å². The van der Waals surface area contributed by atoms with E-state index in [-0.39, 0.29) is 11.8 Å². The third kappa shape index (κ3) is 3.84. The molecular weight excluding hydrogens is 302 g/mol. The smallest absolute Gasteiger partial charge is 0.268 e. The quantitative estimate of drug-likeness (QED) is 0.829. The number of thiophene rings is 1. The van der Waals surface area contributed by atoms with Crippen LogP contribution in [0.3, 0.4) is 0 Å². The highest BCUT2D eigenvalue weighted by molar-refractivity contribution is 7.14. The maximum absolute atomic E-state index is 12.3. The van der Waals surface area contributed by atoms with E-state index in [0.717, 1.165) is 0 Å². The van der Waals surface area contributed by atoms with Crippen LogP contribution in [0.2, 0.25) is 0 Å². The van der Waals surface area contributed by atoms with Gasteiger partial charge in [-0.25, -0.2) is 5.01 Å². The number of carbonyl (C=O) groups is 2. The zero-order valence-corrected chi connectivity index (χ0v) is 13.4. The number of nitrogens with one attached hydrogen (secondary N) is 2. The van der Waals surface area contributed by atoms with Crippen molar-refractivity contribution in [3.05, 3.63) is 46.8 Å². The topological polar surface area (TPSA) is 70.7 Å². The molecule has 0 unspecified atom stereocenters. The van der Waals surface area contributed by atoms with Gasteiger partial charge in [0.1, 0.15) is 10.8 Å². The molecule has 22 heavy (non-hydrogen) atoms. The van der Waals surface area contributed by atoms with Crippen LogP contribution in [-0.4, -0.2) is 38.0 Å². The zero-order valence-electron chi connectivity index (χ0n) is 12.5. The Balaban J connectivity index is 2.15. The lowest BCUT2D eigenvalue weighted by Crippen LogP contribution is -2.36. The molecule has 6 nitrogen and oxygen atoms in total. The van der Waals surface area contributed by atoms with Crippen molar-refractivity contribution < 1.29 is 14.3 Å². The SMILES string of the molecule is COc1cccc(C(=O)Nc2sccc2C(=O)NN(C)C)c1. The molecule has 2 aromatic rings. The number of rotatable bonds is 5. The molecule has 7 heteroatoms. The molecule has 116 valence electrons. The highest BCUT2D eigenvalue weighted by Gasteiger charge is 2.16. The minimum Gasteiger partial charge on any atom is -0.497 e. The first-order valence-corrected chi connectivity index (χ1v) is 7.40. The number of nitrogens with zero attached hydrogens (tertiary/aromatic N) is 1. The predicted octanol–water partition coefficient (Wildman–Crippen LogP) is 2.22. The Morgan fingerprint density at radius 3 is 2.64 bits per heavy atom. The van der Waals surface area contributed by atoms with E-state index in [1.165, 1.54) is 11.3 Å². The molecule has 0 saturated carbocycles. The minimum atomic E-state index is -0.291. The maximum Gasteiger partial charge on any atom is 0.268 e. The summed E-state index contributed by atoms with van der Waals surface area (Å²) in [5.74, 6) is 0.0387. The van der Waals surface area contributed by atoms with E-state index in [4.69, 9.17) is 4.74 Å². The summed E-state index contributed by atoms with van der Waals surface area (Å²) in [7, 11) is 4.98. The van der Waals surface area contributed by atoms with E-state index in [9.17, 15) is 9.59 Å². The zero-order chi connectivity index (χ0) is 16.1. The fourth-order valence-electron chi connectivity index (χ4n) is 1.79. The second-order valence-corrected chi connectivity index (χ2v) is 5.60. The molecule has 0 spiro atoms. The van der Waals surface area contributed by atoms with Crippen LogP contribution >= 0.6 is 11.3 Å². The van der Waals surface area contributed by atoms with Crippen LogP contribution in [0.5, 0.6) is 5.75 Å². The third-order valence-corrected chi connectivity index (χ3v) is 3.62. The average Bonchev–Trinajstić information content (AvgIpc) is 2.94. The molecule has 0 atom stereocenters. The molecule has 0 aliphatic carbocycles. The summed E-state index contributed by atoms with van der Waals surface area (Å²) < 4.78 is 5.10. The summed E-state index contributed by atoms with van der Waals surface area (Å²) in [4.78, 5) is 24.3. The summed E-state index contributed by atoms with van der Waals surface area (Å²) >= 11 is 1.30. The Bertz CT molecular complexity index is 682. The molecule has 1 aromatic carbocycles. The second-order valence-electron chi connectivity index (χ2n) is 4.68. The minimum absolute atomic E-state index is 0.271. The molecule has 2 amide bonds. The summed E-state index contributed by atoms with van der Waals surface area (Å²) in [6.07, 6.45) is 0. The Morgan fingerprint density at radius 2 is 1.95 bits per heavy atom. The first-order chi connectivity index (χ1) is 10.5. The van der Waals surface area contributed by atoms with Gasteiger partial charge in [0.2, 0.25) is 0 Å². The van der Waals surface area contributed by atoms with Crippen LogP contribution in [0.1, 0.15) is 20.7 Å². The number of hydrogen-bond acceptors (Lipinski definition) is 5. The van der Waals surface area contributed by atoms with Gasteiger partial charge < -0.3 is 10.1 Å². The molecule has 0 aliphatic rings. The summed E-state index contributed by atoms with van der Waals surface area (Å²) in [6.45, 7) is 0. The molecule has 0 radical (unpaired) electrons. The molecule has 0 aliphatic heterocycles. The summed E-state index contributed by atoms with van der Waals surface area (Å²) in [5, 5.41) is 6.57. The van der Waals surface area contributed by atoms with Gasteiger partial charge in [0.25, 0.3) is 11.8 Å². The van der Waals surface area contributed by atoms with Gasteiger partial charge >= 0.3 is 0 Å². The molecule has 0 bridgehead atoms. The van der Waals surface area contributed by atoms with E-state index in [1.807, 2.05) is 0 Å². The first kappa shape index (κ1) is 16.0. The number of benzene rings is 1. The van der Waals surface area contributed by atoms with Gasteiger partial charge in [-0.3, -0.25) is 15.0 Å². The van der Waals surface area contributed by atoms with Crippen molar-refractivity contribution in [3.8, 4) is 5.75 Å². The van der Waals surface area contributed by atoms with Crippen LogP contribution < -0.4 is 15.5 Å². The molecule has 0 saturated heterocycles. The fraction of sp³-hybridized carbons (Fsp3) is 0.200. The number of methoxy groups -OCH3 is 1. The Labute approximate surface area is 132 Å². The monoisotopic (exact) mass is 319 g/mol. The van der Waals surface area contributed by atoms with Gasteiger partial charge in [0.15, 0.2) is 0 Å². The standard InChI is InChI=1S/C15H17N3O3S/c1-18(2)17-14(20)12-7-8-22-15(12)16-13(19)10-5-4-6-11(9-10)21-3/h4-9H,1-3H3,(H,16,19)(H,17,20). The van der Waals surface area contributed by atoms with Crippen molar-refractivity contribution in [2.24, 2.45) is 0 Å². The van der Waals surface area contributed by atoms with Gasteiger partial charge in [-0.05, 0) is 29.6 Å². The van der Waals surface area contributed by atoms with Crippen molar-refractivity contribution in [2.45, 2.75) is 0 Å². The van der Waals surface area contributed by atoms with Gasteiger partial charge in [0.05, 0.1) is 12.7 Å². The molecule has 0 fully saturated rings. The van der Waals surface area contributed by atoms with E-state index in [2.05, 4.69) is 10.7 Å². The molecule has 1 aromatic heterocycles. The first-order valence-electron chi connectivity index (χ1n) is 6.52. The molecule has 2 rings (SSSR count). The number of anilines is 1. The number of hydrogen-bond donors (Lipinski definition) is 2.